The lowest BCUT2D eigenvalue weighted by molar-refractivity contribution is -0.193. The summed E-state index contributed by atoms with van der Waals surface area (Å²) in [5.41, 5.74) is 1.87. The van der Waals surface area contributed by atoms with Gasteiger partial charge in [-0.05, 0) is 20.9 Å². The summed E-state index contributed by atoms with van der Waals surface area (Å²) in [5.74, 6) is -4.34. The van der Waals surface area contributed by atoms with Crippen molar-refractivity contribution in [3.8, 4) is 0 Å². The van der Waals surface area contributed by atoms with Gasteiger partial charge in [0.15, 0.2) is 0 Å². The zero-order valence-electron chi connectivity index (χ0n) is 21.3. The molecule has 0 bridgehead atoms. The average molecular weight is 563 g/mol. The Kier molecular flexibility index (Phi) is 14.6. The number of aliphatic carboxylic acids is 2. The number of carbonyl (C=O) groups excluding carboxylic acids is 1. The van der Waals surface area contributed by atoms with Crippen molar-refractivity contribution in [3.63, 3.8) is 0 Å². The van der Waals surface area contributed by atoms with Gasteiger partial charge in [-0.15, -0.1) is 0 Å². The van der Waals surface area contributed by atoms with Crippen LogP contribution in [0.2, 0.25) is 0 Å². The highest BCUT2D eigenvalue weighted by Gasteiger charge is 2.38. The van der Waals surface area contributed by atoms with Gasteiger partial charge in [-0.2, -0.15) is 26.3 Å². The first kappa shape index (κ1) is 34.8. The van der Waals surface area contributed by atoms with E-state index in [1.807, 2.05) is 25.8 Å². The first-order valence-electron chi connectivity index (χ1n) is 11.0. The molecule has 0 unspecified atom stereocenters. The fourth-order valence-corrected chi connectivity index (χ4v) is 2.80. The van der Waals surface area contributed by atoms with Crippen molar-refractivity contribution < 1.29 is 55.7 Å². The Labute approximate surface area is 215 Å². The SMILES string of the molecule is COCCN(C)CCC(=O)N1CCN(c2nc(C)cnc2C)CC1.O=C(O)C(F)(F)F.O=C(O)C(F)(F)F. The number of hydrogen-bond acceptors (Lipinski definition) is 8. The van der Waals surface area contributed by atoms with E-state index in [-0.39, 0.29) is 5.91 Å². The molecule has 17 heteroatoms. The average Bonchev–Trinajstić information content (AvgIpc) is 2.82. The molecule has 38 heavy (non-hydrogen) atoms. The highest BCUT2D eigenvalue weighted by Crippen LogP contribution is 2.18. The molecule has 1 aliphatic rings. The molecule has 11 nitrogen and oxygen atoms in total. The number of ether oxygens (including phenoxy) is 1. The Hall–Kier alpha value is -3.21. The van der Waals surface area contributed by atoms with Crippen LogP contribution in [0.5, 0.6) is 0 Å². The molecule has 0 aromatic carbocycles. The standard InChI is InChI=1S/C17H29N5O2.2C2HF3O2/c1-14-13-18-15(2)17(19-14)22-9-7-21(8-10-22)16(23)5-6-20(3)11-12-24-4;2*3-2(4,5)1(6)7/h13H,5-12H2,1-4H3;2*(H,6,7). The molecule has 0 atom stereocenters. The number of methoxy groups -OCH3 is 1. The van der Waals surface area contributed by atoms with E-state index >= 15 is 0 Å². The third-order valence-corrected chi connectivity index (χ3v) is 4.85. The number of carboxylic acids is 2. The molecule has 1 aromatic heterocycles. The maximum Gasteiger partial charge on any atom is 0.490 e. The van der Waals surface area contributed by atoms with Crippen LogP contribution in [0.3, 0.4) is 0 Å². The highest BCUT2D eigenvalue weighted by molar-refractivity contribution is 5.76. The zero-order chi connectivity index (χ0) is 29.7. The Morgan fingerprint density at radius 1 is 0.974 bits per heavy atom. The van der Waals surface area contributed by atoms with E-state index in [1.54, 1.807) is 13.3 Å². The third kappa shape index (κ3) is 13.9. The topological polar surface area (TPSA) is 136 Å². The van der Waals surface area contributed by atoms with Gasteiger partial charge in [-0.3, -0.25) is 9.78 Å². The number of rotatable bonds is 7. The summed E-state index contributed by atoms with van der Waals surface area (Å²) in [4.78, 5) is 45.4. The number of amides is 1. The second-order valence-electron chi connectivity index (χ2n) is 7.94. The van der Waals surface area contributed by atoms with Gasteiger partial charge in [0.1, 0.15) is 5.82 Å². The number of aromatic nitrogens is 2. The molecular weight excluding hydrogens is 532 g/mol. The van der Waals surface area contributed by atoms with Crippen molar-refractivity contribution in [3.05, 3.63) is 17.6 Å². The minimum Gasteiger partial charge on any atom is -0.475 e. The predicted molar refractivity (Wildman–Crippen MR) is 122 cm³/mol. The number of alkyl halides is 6. The van der Waals surface area contributed by atoms with Crippen LogP contribution in [-0.2, 0) is 19.1 Å². The molecule has 218 valence electrons. The second kappa shape index (κ2) is 15.9. The van der Waals surface area contributed by atoms with Crippen molar-refractivity contribution in [2.45, 2.75) is 32.6 Å². The van der Waals surface area contributed by atoms with Gasteiger partial charge in [-0.1, -0.05) is 0 Å². The molecule has 1 saturated heterocycles. The first-order chi connectivity index (χ1) is 17.4. The van der Waals surface area contributed by atoms with Gasteiger partial charge in [0.05, 0.1) is 18.0 Å². The van der Waals surface area contributed by atoms with Crippen LogP contribution in [0.25, 0.3) is 0 Å². The van der Waals surface area contributed by atoms with Crippen molar-refractivity contribution in [2.75, 3.05) is 64.9 Å². The number of carbonyl (C=O) groups is 3. The van der Waals surface area contributed by atoms with Crippen molar-refractivity contribution in [1.29, 1.82) is 0 Å². The number of piperazine rings is 1. The van der Waals surface area contributed by atoms with Crippen LogP contribution in [0, 0.1) is 13.8 Å². The molecule has 2 N–H and O–H groups in total. The Bertz CT molecular complexity index is 884. The van der Waals surface area contributed by atoms with E-state index in [2.05, 4.69) is 19.8 Å². The molecule has 0 radical (unpaired) electrons. The van der Waals surface area contributed by atoms with Crippen LogP contribution in [0.1, 0.15) is 17.8 Å². The van der Waals surface area contributed by atoms with Crippen LogP contribution in [-0.4, -0.2) is 120 Å². The van der Waals surface area contributed by atoms with Crippen LogP contribution >= 0.6 is 0 Å². The van der Waals surface area contributed by atoms with Crippen molar-refractivity contribution in [1.82, 2.24) is 19.8 Å². The molecule has 1 aromatic rings. The number of nitrogens with zero attached hydrogens (tertiary/aromatic N) is 5. The fraction of sp³-hybridized carbons (Fsp3) is 0.667. The molecule has 0 aliphatic carbocycles. The van der Waals surface area contributed by atoms with Crippen LogP contribution in [0.15, 0.2) is 6.20 Å². The van der Waals surface area contributed by atoms with E-state index in [0.717, 1.165) is 56.5 Å². The van der Waals surface area contributed by atoms with E-state index < -0.39 is 24.3 Å². The number of hydrogen-bond donors (Lipinski definition) is 2. The maximum atomic E-state index is 12.4. The minimum absolute atomic E-state index is 0.228. The smallest absolute Gasteiger partial charge is 0.475 e. The van der Waals surface area contributed by atoms with Gasteiger partial charge in [0, 0.05) is 59.0 Å². The number of aryl methyl sites for hydroxylation is 2. The number of likely N-dealkylation sites (N-methyl/N-ethyl adjacent to an activating group) is 1. The summed E-state index contributed by atoms with van der Waals surface area (Å²) < 4.78 is 68.5. The molecule has 1 aliphatic heterocycles. The summed E-state index contributed by atoms with van der Waals surface area (Å²) in [6.07, 6.45) is -7.82. The number of halogens is 6. The lowest BCUT2D eigenvalue weighted by Gasteiger charge is -2.36. The monoisotopic (exact) mass is 563 g/mol. The number of carboxylic acid groups (broad SMARTS) is 2. The lowest BCUT2D eigenvalue weighted by Crippen LogP contribution is -2.49. The number of anilines is 1. The van der Waals surface area contributed by atoms with Gasteiger partial charge in [-0.25, -0.2) is 14.6 Å². The highest BCUT2D eigenvalue weighted by atomic mass is 19.4. The zero-order valence-corrected chi connectivity index (χ0v) is 21.3. The van der Waals surface area contributed by atoms with Crippen molar-refractivity contribution in [2.24, 2.45) is 0 Å². The molecule has 1 fully saturated rings. The summed E-state index contributed by atoms with van der Waals surface area (Å²) in [7, 11) is 3.71. The van der Waals surface area contributed by atoms with Gasteiger partial charge < -0.3 is 29.6 Å². The predicted octanol–water partition coefficient (Wildman–Crippen LogP) is 1.98. The Morgan fingerprint density at radius 2 is 1.45 bits per heavy atom. The lowest BCUT2D eigenvalue weighted by atomic mass is 10.2. The molecular formula is C21H31F6N5O6. The van der Waals surface area contributed by atoms with Crippen molar-refractivity contribution >= 4 is 23.7 Å². The summed E-state index contributed by atoms with van der Waals surface area (Å²) in [5, 5.41) is 14.2. The van der Waals surface area contributed by atoms with Gasteiger partial charge in [0.25, 0.3) is 0 Å². The maximum absolute atomic E-state index is 12.4. The molecule has 1 amide bonds. The molecule has 0 saturated carbocycles. The van der Waals surface area contributed by atoms with Crippen LogP contribution < -0.4 is 4.90 Å². The van der Waals surface area contributed by atoms with Gasteiger partial charge in [0.2, 0.25) is 5.91 Å². The fourth-order valence-electron chi connectivity index (χ4n) is 2.80. The summed E-state index contributed by atoms with van der Waals surface area (Å²) in [6, 6.07) is 0. The normalized spacial score (nSPS) is 13.8. The molecule has 0 spiro atoms. The quantitative estimate of drug-likeness (QED) is 0.474. The second-order valence-corrected chi connectivity index (χ2v) is 7.94. The Morgan fingerprint density at radius 3 is 1.87 bits per heavy atom. The van der Waals surface area contributed by atoms with E-state index in [9.17, 15) is 31.1 Å². The largest absolute Gasteiger partial charge is 0.490 e. The van der Waals surface area contributed by atoms with Crippen LogP contribution in [0.4, 0.5) is 32.2 Å². The Balaban J connectivity index is 0.000000804. The molecule has 2 heterocycles. The van der Waals surface area contributed by atoms with E-state index in [1.165, 1.54) is 0 Å². The van der Waals surface area contributed by atoms with Gasteiger partial charge >= 0.3 is 24.3 Å². The third-order valence-electron chi connectivity index (χ3n) is 4.85. The summed E-state index contributed by atoms with van der Waals surface area (Å²) in [6.45, 7) is 9.36. The van der Waals surface area contributed by atoms with E-state index in [0.29, 0.717) is 13.0 Å². The first-order valence-corrected chi connectivity index (χ1v) is 11.0. The van der Waals surface area contributed by atoms with E-state index in [4.69, 9.17) is 24.5 Å². The summed E-state index contributed by atoms with van der Waals surface area (Å²) >= 11 is 0. The molecule has 2 rings (SSSR count). The minimum atomic E-state index is -5.08.